The van der Waals surface area contributed by atoms with Crippen molar-refractivity contribution < 1.29 is 9.13 Å². The zero-order valence-corrected chi connectivity index (χ0v) is 20.4. The summed E-state index contributed by atoms with van der Waals surface area (Å²) in [7, 11) is 0. The van der Waals surface area contributed by atoms with Gasteiger partial charge < -0.3 is 4.74 Å². The molecule has 4 rings (SSSR count). The molecule has 2 aliphatic rings. The Morgan fingerprint density at radius 3 is 2.56 bits per heavy atom. The van der Waals surface area contributed by atoms with E-state index in [-0.39, 0.29) is 5.82 Å². The second kappa shape index (κ2) is 12.1. The zero-order chi connectivity index (χ0) is 23.8. The lowest BCUT2D eigenvalue weighted by Gasteiger charge is -2.42. The van der Waals surface area contributed by atoms with Crippen LogP contribution in [-0.2, 0) is 0 Å². The summed E-state index contributed by atoms with van der Waals surface area (Å²) in [6.07, 6.45) is 16.6. The Kier molecular flexibility index (Phi) is 8.64. The number of hydrogen-bond donors (Lipinski definition) is 0. The number of hydrogen-bond acceptors (Lipinski definition) is 1. The molecule has 2 aromatic rings. The lowest BCUT2D eigenvalue weighted by atomic mass is 9.63. The standard InChI is InChI=1S/C32H37FO/c1-3-5-6-7-25-9-13-28-22-29(17-16-27(28)21-25)30-15-14-26(32(33)23-30)12-8-24-10-18-31(19-11-24)34-20-4-2/h3-5,10-11,14-15,18-19,23,25,27-29H,2,6-7,9,13,16-17,20-22H2,1H3/b5-3+. The molecule has 2 fully saturated rings. The van der Waals surface area contributed by atoms with Gasteiger partial charge in [0.05, 0.1) is 5.56 Å². The molecule has 0 amide bonds. The molecule has 178 valence electrons. The third-order valence-corrected chi connectivity index (χ3v) is 7.73. The molecule has 2 aliphatic carbocycles. The lowest BCUT2D eigenvalue weighted by molar-refractivity contribution is 0.115. The number of rotatable bonds is 7. The number of allylic oxidation sites excluding steroid dienone is 2. The Bertz CT molecular complexity index is 1040. The summed E-state index contributed by atoms with van der Waals surface area (Å²) in [4.78, 5) is 0. The number of fused-ring (bicyclic) bond motifs is 1. The molecular weight excluding hydrogens is 419 g/mol. The molecule has 2 heteroatoms. The van der Waals surface area contributed by atoms with Crippen LogP contribution in [0.5, 0.6) is 5.75 Å². The van der Waals surface area contributed by atoms with Crippen LogP contribution in [-0.4, -0.2) is 6.61 Å². The molecule has 4 unspecified atom stereocenters. The molecule has 0 N–H and O–H groups in total. The summed E-state index contributed by atoms with van der Waals surface area (Å²) in [5.74, 6) is 9.74. The molecule has 0 saturated heterocycles. The molecule has 0 aliphatic heterocycles. The van der Waals surface area contributed by atoms with Gasteiger partial charge in [0.1, 0.15) is 18.2 Å². The smallest absolute Gasteiger partial charge is 0.139 e. The molecule has 0 heterocycles. The van der Waals surface area contributed by atoms with Crippen LogP contribution in [0, 0.1) is 35.4 Å². The fourth-order valence-electron chi connectivity index (χ4n) is 5.87. The second-order valence-corrected chi connectivity index (χ2v) is 9.97. The van der Waals surface area contributed by atoms with E-state index in [2.05, 4.69) is 43.6 Å². The molecule has 0 aromatic heterocycles. The minimum atomic E-state index is -0.203. The van der Waals surface area contributed by atoms with E-state index in [1.54, 1.807) is 12.1 Å². The van der Waals surface area contributed by atoms with E-state index in [1.165, 1.54) is 51.4 Å². The molecule has 4 atom stereocenters. The maximum Gasteiger partial charge on any atom is 0.139 e. The Morgan fingerprint density at radius 2 is 1.79 bits per heavy atom. The van der Waals surface area contributed by atoms with Crippen LogP contribution in [0.1, 0.15) is 80.9 Å². The van der Waals surface area contributed by atoms with Gasteiger partial charge in [-0.1, -0.05) is 49.1 Å². The third kappa shape index (κ3) is 6.41. The molecule has 0 bridgehead atoms. The van der Waals surface area contributed by atoms with Crippen LogP contribution in [0.15, 0.2) is 67.3 Å². The first kappa shape index (κ1) is 24.3. The van der Waals surface area contributed by atoms with Crippen LogP contribution >= 0.6 is 0 Å². The third-order valence-electron chi connectivity index (χ3n) is 7.73. The highest BCUT2D eigenvalue weighted by atomic mass is 19.1. The average Bonchev–Trinajstić information content (AvgIpc) is 2.87. The Labute approximate surface area is 205 Å². The van der Waals surface area contributed by atoms with Crippen LogP contribution < -0.4 is 4.74 Å². The number of ether oxygens (including phenoxy) is 1. The van der Waals surface area contributed by atoms with Crippen LogP contribution in [0.25, 0.3) is 0 Å². The highest BCUT2D eigenvalue weighted by Gasteiger charge is 2.35. The van der Waals surface area contributed by atoms with Crippen molar-refractivity contribution in [2.45, 2.75) is 64.2 Å². The first-order valence-corrected chi connectivity index (χ1v) is 12.9. The summed E-state index contributed by atoms with van der Waals surface area (Å²) in [6, 6.07) is 13.2. The predicted molar refractivity (Wildman–Crippen MR) is 139 cm³/mol. The first-order chi connectivity index (χ1) is 16.7. The number of benzene rings is 2. The fraction of sp³-hybridized carbons (Fsp3) is 0.438. The predicted octanol–water partition coefficient (Wildman–Crippen LogP) is 8.45. The van der Waals surface area contributed by atoms with Crippen molar-refractivity contribution in [3.05, 3.63) is 89.8 Å². The molecular formula is C32H37FO. The second-order valence-electron chi connectivity index (χ2n) is 9.97. The van der Waals surface area contributed by atoms with E-state index in [0.717, 1.165) is 34.6 Å². The maximum atomic E-state index is 14.9. The normalized spacial score (nSPS) is 24.2. The van der Waals surface area contributed by atoms with Crippen LogP contribution in [0.4, 0.5) is 4.39 Å². The molecule has 0 spiro atoms. The minimum absolute atomic E-state index is 0.203. The van der Waals surface area contributed by atoms with Gasteiger partial charge in [-0.05, 0) is 118 Å². The van der Waals surface area contributed by atoms with E-state index in [1.807, 2.05) is 30.3 Å². The van der Waals surface area contributed by atoms with Crippen molar-refractivity contribution in [2.75, 3.05) is 6.61 Å². The van der Waals surface area contributed by atoms with Gasteiger partial charge in [-0.2, -0.15) is 0 Å². The highest BCUT2D eigenvalue weighted by molar-refractivity contribution is 5.45. The van der Waals surface area contributed by atoms with Gasteiger partial charge in [0, 0.05) is 5.56 Å². The van der Waals surface area contributed by atoms with Crippen molar-refractivity contribution in [1.29, 1.82) is 0 Å². The summed E-state index contributed by atoms with van der Waals surface area (Å²) in [5.41, 5.74) is 2.46. The largest absolute Gasteiger partial charge is 0.490 e. The Hall–Kier alpha value is -2.79. The Balaban J connectivity index is 1.34. The number of halogens is 1. The van der Waals surface area contributed by atoms with Gasteiger partial charge in [0.25, 0.3) is 0 Å². The van der Waals surface area contributed by atoms with Gasteiger partial charge in [0.2, 0.25) is 0 Å². The maximum absolute atomic E-state index is 14.9. The van der Waals surface area contributed by atoms with Crippen molar-refractivity contribution in [3.63, 3.8) is 0 Å². The lowest BCUT2D eigenvalue weighted by Crippen LogP contribution is -2.30. The van der Waals surface area contributed by atoms with Crippen molar-refractivity contribution in [2.24, 2.45) is 17.8 Å². The summed E-state index contributed by atoms with van der Waals surface area (Å²) >= 11 is 0. The quantitative estimate of drug-likeness (QED) is 0.300. The van der Waals surface area contributed by atoms with Gasteiger partial charge in [-0.15, -0.1) is 0 Å². The topological polar surface area (TPSA) is 9.23 Å². The Morgan fingerprint density at radius 1 is 1.00 bits per heavy atom. The minimum Gasteiger partial charge on any atom is -0.490 e. The fourth-order valence-corrected chi connectivity index (χ4v) is 5.87. The molecule has 2 saturated carbocycles. The van der Waals surface area contributed by atoms with Crippen LogP contribution in [0.2, 0.25) is 0 Å². The van der Waals surface area contributed by atoms with E-state index >= 15 is 0 Å². The van der Waals surface area contributed by atoms with Gasteiger partial charge in [0.15, 0.2) is 0 Å². The van der Waals surface area contributed by atoms with Crippen molar-refractivity contribution >= 4 is 0 Å². The van der Waals surface area contributed by atoms with E-state index in [9.17, 15) is 4.39 Å². The van der Waals surface area contributed by atoms with Gasteiger partial charge in [-0.25, -0.2) is 4.39 Å². The van der Waals surface area contributed by atoms with Gasteiger partial charge >= 0.3 is 0 Å². The zero-order valence-electron chi connectivity index (χ0n) is 20.4. The van der Waals surface area contributed by atoms with E-state index in [4.69, 9.17) is 4.74 Å². The summed E-state index contributed by atoms with van der Waals surface area (Å²) in [6.45, 7) is 6.23. The van der Waals surface area contributed by atoms with Crippen molar-refractivity contribution in [3.8, 4) is 17.6 Å². The van der Waals surface area contributed by atoms with Crippen LogP contribution in [0.3, 0.4) is 0 Å². The molecule has 34 heavy (non-hydrogen) atoms. The summed E-state index contributed by atoms with van der Waals surface area (Å²) in [5, 5.41) is 0. The first-order valence-electron chi connectivity index (χ1n) is 12.9. The molecule has 2 aromatic carbocycles. The molecule has 1 nitrogen and oxygen atoms in total. The monoisotopic (exact) mass is 456 g/mol. The van der Waals surface area contributed by atoms with E-state index in [0.29, 0.717) is 18.1 Å². The summed E-state index contributed by atoms with van der Waals surface area (Å²) < 4.78 is 20.4. The SMILES string of the molecule is C=CCOc1ccc(C#Cc2ccc(C3CCC4CC(CC/C=C/C)CCC4C3)cc2F)cc1. The highest BCUT2D eigenvalue weighted by Crippen LogP contribution is 2.48. The van der Waals surface area contributed by atoms with Gasteiger partial charge in [-0.3, -0.25) is 0 Å². The molecule has 0 radical (unpaired) electrons. The average molecular weight is 457 g/mol. The van der Waals surface area contributed by atoms with E-state index < -0.39 is 0 Å². The van der Waals surface area contributed by atoms with Crippen molar-refractivity contribution in [1.82, 2.24) is 0 Å².